The first kappa shape index (κ1) is 15.9. The molecule has 22 heavy (non-hydrogen) atoms. The summed E-state index contributed by atoms with van der Waals surface area (Å²) in [5, 5.41) is 2.25. The number of amides is 2. The number of hydrogen-bond donors (Lipinski definition) is 1. The van der Waals surface area contributed by atoms with Crippen molar-refractivity contribution in [1.82, 2.24) is 0 Å². The predicted molar refractivity (Wildman–Crippen MR) is 79.5 cm³/mol. The first-order chi connectivity index (χ1) is 10.4. The summed E-state index contributed by atoms with van der Waals surface area (Å²) in [6.45, 7) is 3.97. The summed E-state index contributed by atoms with van der Waals surface area (Å²) in [4.78, 5) is 13.6. The fourth-order valence-electron chi connectivity index (χ4n) is 2.04. The van der Waals surface area contributed by atoms with Crippen molar-refractivity contribution in [3.63, 3.8) is 0 Å². The third-order valence-electron chi connectivity index (χ3n) is 3.15. The van der Waals surface area contributed by atoms with Crippen LogP contribution in [0.25, 0.3) is 0 Å². The van der Waals surface area contributed by atoms with Crippen LogP contribution in [0.1, 0.15) is 12.5 Å². The molecular weight excluding hydrogens is 293 g/mol. The molecule has 3 nitrogen and oxygen atoms in total. The summed E-state index contributed by atoms with van der Waals surface area (Å²) in [5.74, 6) is -4.34. The Hall–Kier alpha value is -2.50. The number of benzene rings is 2. The molecule has 0 aliphatic carbocycles. The van der Waals surface area contributed by atoms with Gasteiger partial charge in [0.15, 0.2) is 17.5 Å². The molecule has 0 heterocycles. The SMILES string of the molecule is CCN(C(=O)Nc1ccc(F)c(F)c1F)c1cccc(C)c1. The third kappa shape index (κ3) is 3.21. The Bertz CT molecular complexity index is 704. The highest BCUT2D eigenvalue weighted by atomic mass is 19.2. The number of rotatable bonds is 3. The molecule has 0 saturated carbocycles. The molecular formula is C16H15F3N2O. The zero-order valence-corrected chi connectivity index (χ0v) is 12.2. The average molecular weight is 308 g/mol. The molecule has 116 valence electrons. The smallest absolute Gasteiger partial charge is 0.305 e. The highest BCUT2D eigenvalue weighted by Crippen LogP contribution is 2.22. The molecule has 0 radical (unpaired) electrons. The first-order valence-electron chi connectivity index (χ1n) is 6.72. The third-order valence-corrected chi connectivity index (χ3v) is 3.15. The largest absolute Gasteiger partial charge is 0.326 e. The number of urea groups is 1. The van der Waals surface area contributed by atoms with Crippen LogP contribution in [-0.2, 0) is 0 Å². The van der Waals surface area contributed by atoms with Crippen LogP contribution in [0.15, 0.2) is 36.4 Å². The topological polar surface area (TPSA) is 32.3 Å². The van der Waals surface area contributed by atoms with E-state index in [4.69, 9.17) is 0 Å². The van der Waals surface area contributed by atoms with E-state index in [9.17, 15) is 18.0 Å². The molecule has 0 aliphatic heterocycles. The zero-order chi connectivity index (χ0) is 16.3. The number of hydrogen-bond acceptors (Lipinski definition) is 1. The lowest BCUT2D eigenvalue weighted by Crippen LogP contribution is -2.35. The molecule has 0 fully saturated rings. The van der Waals surface area contributed by atoms with Crippen molar-refractivity contribution in [2.45, 2.75) is 13.8 Å². The second kappa shape index (κ2) is 6.51. The fraction of sp³-hybridized carbons (Fsp3) is 0.188. The van der Waals surface area contributed by atoms with E-state index in [1.165, 1.54) is 4.90 Å². The first-order valence-corrected chi connectivity index (χ1v) is 6.72. The summed E-state index contributed by atoms with van der Waals surface area (Å²) in [6.07, 6.45) is 0. The van der Waals surface area contributed by atoms with Crippen LogP contribution in [0.3, 0.4) is 0 Å². The van der Waals surface area contributed by atoms with Crippen LogP contribution >= 0.6 is 0 Å². The van der Waals surface area contributed by atoms with Crippen LogP contribution in [0.4, 0.5) is 29.3 Å². The average Bonchev–Trinajstić information content (AvgIpc) is 2.49. The van der Waals surface area contributed by atoms with E-state index in [-0.39, 0.29) is 0 Å². The molecule has 2 amide bonds. The van der Waals surface area contributed by atoms with Gasteiger partial charge >= 0.3 is 6.03 Å². The highest BCUT2D eigenvalue weighted by Gasteiger charge is 2.19. The van der Waals surface area contributed by atoms with Gasteiger partial charge in [0.1, 0.15) is 0 Å². The maximum Gasteiger partial charge on any atom is 0.326 e. The van der Waals surface area contributed by atoms with E-state index in [0.29, 0.717) is 12.2 Å². The summed E-state index contributed by atoms with van der Waals surface area (Å²) in [6, 6.07) is 8.32. The second-order valence-electron chi connectivity index (χ2n) is 4.74. The number of carbonyl (C=O) groups excluding carboxylic acids is 1. The molecule has 2 rings (SSSR count). The van der Waals surface area contributed by atoms with Crippen LogP contribution in [0, 0.1) is 24.4 Å². The lowest BCUT2D eigenvalue weighted by molar-refractivity contribution is 0.257. The van der Waals surface area contributed by atoms with Crippen LogP contribution in [0.2, 0.25) is 0 Å². The van der Waals surface area contributed by atoms with Gasteiger partial charge in [-0.05, 0) is 43.7 Å². The van der Waals surface area contributed by atoms with E-state index in [2.05, 4.69) is 5.32 Å². The number of aryl methyl sites for hydroxylation is 1. The van der Waals surface area contributed by atoms with Crippen molar-refractivity contribution in [2.75, 3.05) is 16.8 Å². The van der Waals surface area contributed by atoms with Crippen LogP contribution in [0.5, 0.6) is 0 Å². The standard InChI is InChI=1S/C16H15F3N2O/c1-3-21(11-6-4-5-10(2)9-11)16(22)20-13-8-7-12(17)14(18)15(13)19/h4-9H,3H2,1-2H3,(H,20,22). The lowest BCUT2D eigenvalue weighted by Gasteiger charge is -2.22. The second-order valence-corrected chi connectivity index (χ2v) is 4.74. The molecule has 0 aromatic heterocycles. The molecule has 0 atom stereocenters. The monoisotopic (exact) mass is 308 g/mol. The Balaban J connectivity index is 2.25. The molecule has 6 heteroatoms. The Labute approximate surface area is 126 Å². The van der Waals surface area contributed by atoms with Crippen molar-refractivity contribution < 1.29 is 18.0 Å². The van der Waals surface area contributed by atoms with E-state index < -0.39 is 29.2 Å². The van der Waals surface area contributed by atoms with Gasteiger partial charge in [-0.15, -0.1) is 0 Å². The van der Waals surface area contributed by atoms with Crippen molar-refractivity contribution in [3.05, 3.63) is 59.4 Å². The quantitative estimate of drug-likeness (QED) is 0.834. The highest BCUT2D eigenvalue weighted by molar-refractivity contribution is 6.01. The van der Waals surface area contributed by atoms with Crippen LogP contribution in [-0.4, -0.2) is 12.6 Å². The molecule has 0 bridgehead atoms. The molecule has 2 aromatic carbocycles. The molecule has 0 saturated heterocycles. The minimum atomic E-state index is -1.61. The predicted octanol–water partition coefficient (Wildman–Crippen LogP) is 4.47. The van der Waals surface area contributed by atoms with Gasteiger partial charge < -0.3 is 5.32 Å². The van der Waals surface area contributed by atoms with E-state index >= 15 is 0 Å². The van der Waals surface area contributed by atoms with Crippen molar-refractivity contribution >= 4 is 17.4 Å². The number of halogens is 3. The van der Waals surface area contributed by atoms with Gasteiger partial charge in [0.2, 0.25) is 0 Å². The number of anilines is 2. The van der Waals surface area contributed by atoms with E-state index in [1.54, 1.807) is 25.1 Å². The van der Waals surface area contributed by atoms with E-state index in [0.717, 1.165) is 17.7 Å². The minimum absolute atomic E-state index is 0.334. The van der Waals surface area contributed by atoms with Gasteiger partial charge in [-0.25, -0.2) is 18.0 Å². The Morgan fingerprint density at radius 1 is 1.14 bits per heavy atom. The van der Waals surface area contributed by atoms with Crippen molar-refractivity contribution in [3.8, 4) is 0 Å². The maximum absolute atomic E-state index is 13.6. The summed E-state index contributed by atoms with van der Waals surface area (Å²) >= 11 is 0. The Morgan fingerprint density at radius 3 is 2.50 bits per heavy atom. The molecule has 0 aliphatic rings. The van der Waals surface area contributed by atoms with E-state index in [1.807, 2.05) is 13.0 Å². The number of nitrogens with one attached hydrogen (secondary N) is 1. The fourth-order valence-corrected chi connectivity index (χ4v) is 2.04. The van der Waals surface area contributed by atoms with Gasteiger partial charge in [-0.2, -0.15) is 0 Å². The van der Waals surface area contributed by atoms with Gasteiger partial charge in [0.25, 0.3) is 0 Å². The zero-order valence-electron chi connectivity index (χ0n) is 12.2. The summed E-state index contributed by atoms with van der Waals surface area (Å²) in [5.41, 5.74) is 1.18. The van der Waals surface area contributed by atoms with Crippen molar-refractivity contribution in [1.29, 1.82) is 0 Å². The lowest BCUT2D eigenvalue weighted by atomic mass is 10.2. The normalized spacial score (nSPS) is 10.4. The number of carbonyl (C=O) groups is 1. The molecule has 0 unspecified atom stereocenters. The number of nitrogens with zero attached hydrogens (tertiary/aromatic N) is 1. The Morgan fingerprint density at radius 2 is 1.86 bits per heavy atom. The molecule has 0 spiro atoms. The van der Waals surface area contributed by atoms with Gasteiger partial charge in [-0.3, -0.25) is 4.90 Å². The van der Waals surface area contributed by atoms with Gasteiger partial charge in [-0.1, -0.05) is 12.1 Å². The van der Waals surface area contributed by atoms with Gasteiger partial charge in [0.05, 0.1) is 5.69 Å². The maximum atomic E-state index is 13.6. The molecule has 1 N–H and O–H groups in total. The molecule has 2 aromatic rings. The Kier molecular flexibility index (Phi) is 4.70. The van der Waals surface area contributed by atoms with Gasteiger partial charge in [0, 0.05) is 12.2 Å². The van der Waals surface area contributed by atoms with Crippen LogP contribution < -0.4 is 10.2 Å². The minimum Gasteiger partial charge on any atom is -0.305 e. The summed E-state index contributed by atoms with van der Waals surface area (Å²) < 4.78 is 39.7. The summed E-state index contributed by atoms with van der Waals surface area (Å²) in [7, 11) is 0. The van der Waals surface area contributed by atoms with Crippen molar-refractivity contribution in [2.24, 2.45) is 0 Å².